The largest absolute Gasteiger partial charge is 0.468 e. The van der Waals surface area contributed by atoms with Gasteiger partial charge in [-0.25, -0.2) is 8.42 Å². The van der Waals surface area contributed by atoms with Gasteiger partial charge in [-0.1, -0.05) is 6.58 Å². The molecule has 1 rings (SSSR count). The van der Waals surface area contributed by atoms with Gasteiger partial charge in [0.15, 0.2) is 0 Å². The van der Waals surface area contributed by atoms with Crippen LogP contribution in [0.1, 0.15) is 6.92 Å². The van der Waals surface area contributed by atoms with Crippen molar-refractivity contribution >= 4 is 16.0 Å². The number of hydrogen-bond donors (Lipinski definition) is 0. The molecule has 0 aromatic carbocycles. The van der Waals surface area contributed by atoms with Crippen LogP contribution in [0.15, 0.2) is 23.6 Å². The van der Waals surface area contributed by atoms with Crippen LogP contribution in [0.3, 0.4) is 0 Å². The summed E-state index contributed by atoms with van der Waals surface area (Å²) in [6.45, 7) is 5.25. The fourth-order valence-corrected chi connectivity index (χ4v) is 2.64. The molecule has 1 aliphatic rings. The van der Waals surface area contributed by atoms with E-state index in [0.29, 0.717) is 5.57 Å². The van der Waals surface area contributed by atoms with Crippen LogP contribution in [-0.2, 0) is 19.6 Å². The molecule has 0 amide bonds. The second-order valence-electron chi connectivity index (χ2n) is 3.25. The van der Waals surface area contributed by atoms with Crippen molar-refractivity contribution < 1.29 is 17.9 Å². The van der Waals surface area contributed by atoms with Gasteiger partial charge in [-0.05, 0) is 18.6 Å². The van der Waals surface area contributed by atoms with Gasteiger partial charge in [-0.15, -0.1) is 0 Å². The lowest BCUT2D eigenvalue weighted by Crippen LogP contribution is -2.44. The number of carbonyl (C=O) groups is 1. The zero-order valence-electron chi connectivity index (χ0n) is 8.63. The first-order valence-corrected chi connectivity index (χ1v) is 5.84. The summed E-state index contributed by atoms with van der Waals surface area (Å²) in [7, 11) is -2.30. The van der Waals surface area contributed by atoms with Gasteiger partial charge in [0.05, 0.1) is 7.11 Å². The van der Waals surface area contributed by atoms with Crippen molar-refractivity contribution in [2.45, 2.75) is 13.0 Å². The fraction of sp³-hybridized carbons (Fsp3) is 0.444. The van der Waals surface area contributed by atoms with Gasteiger partial charge in [0.1, 0.15) is 6.04 Å². The second kappa shape index (κ2) is 4.16. The van der Waals surface area contributed by atoms with Gasteiger partial charge in [0.25, 0.3) is 0 Å². The first-order valence-electron chi connectivity index (χ1n) is 4.34. The van der Waals surface area contributed by atoms with Gasteiger partial charge >= 0.3 is 5.97 Å². The van der Waals surface area contributed by atoms with E-state index in [1.54, 1.807) is 0 Å². The molecule has 1 aliphatic heterocycles. The van der Waals surface area contributed by atoms with Crippen LogP contribution in [0.5, 0.6) is 0 Å². The van der Waals surface area contributed by atoms with Crippen LogP contribution in [0.2, 0.25) is 0 Å². The topological polar surface area (TPSA) is 63.7 Å². The van der Waals surface area contributed by atoms with Crippen LogP contribution in [0.4, 0.5) is 0 Å². The minimum atomic E-state index is -3.52. The molecule has 0 fully saturated rings. The SMILES string of the molecule is C=C1C=CS(=O)(=O)N([C@@H](C)C(=O)OC)C1. The van der Waals surface area contributed by atoms with Gasteiger partial charge < -0.3 is 4.74 Å². The van der Waals surface area contributed by atoms with Crippen molar-refractivity contribution in [1.82, 2.24) is 4.31 Å². The molecule has 0 aromatic heterocycles. The van der Waals surface area contributed by atoms with Crippen LogP contribution in [0, 0.1) is 0 Å². The van der Waals surface area contributed by atoms with E-state index in [4.69, 9.17) is 0 Å². The van der Waals surface area contributed by atoms with Gasteiger partial charge in [-0.2, -0.15) is 4.31 Å². The standard InChI is InChI=1S/C9H13NO4S/c1-7-4-5-15(12,13)10(6-7)8(2)9(11)14-3/h4-5,8H,1,6H2,2-3H3/t8-/m0/s1. The Balaban J connectivity index is 3.00. The number of nitrogens with zero attached hydrogens (tertiary/aromatic N) is 1. The molecule has 0 spiro atoms. The maximum atomic E-state index is 11.6. The minimum Gasteiger partial charge on any atom is -0.468 e. The Kier molecular flexibility index (Phi) is 3.31. The Morgan fingerprint density at radius 3 is 2.80 bits per heavy atom. The highest BCUT2D eigenvalue weighted by Crippen LogP contribution is 2.18. The van der Waals surface area contributed by atoms with E-state index in [2.05, 4.69) is 11.3 Å². The van der Waals surface area contributed by atoms with Crippen LogP contribution in [-0.4, -0.2) is 38.4 Å². The third-order valence-electron chi connectivity index (χ3n) is 2.14. The second-order valence-corrected chi connectivity index (χ2v) is 5.02. The third-order valence-corrected chi connectivity index (χ3v) is 3.71. The summed E-state index contributed by atoms with van der Waals surface area (Å²) < 4.78 is 28.7. The lowest BCUT2D eigenvalue weighted by Gasteiger charge is -2.27. The highest BCUT2D eigenvalue weighted by molar-refractivity contribution is 7.92. The summed E-state index contributed by atoms with van der Waals surface area (Å²) in [6, 6.07) is -0.832. The molecule has 0 aromatic rings. The third kappa shape index (κ3) is 2.45. The van der Waals surface area contributed by atoms with Crippen molar-refractivity contribution in [2.75, 3.05) is 13.7 Å². The molecule has 0 radical (unpaired) electrons. The van der Waals surface area contributed by atoms with Gasteiger partial charge in [0, 0.05) is 12.0 Å². The molecule has 0 aliphatic carbocycles. The Bertz CT molecular complexity index is 410. The van der Waals surface area contributed by atoms with Crippen molar-refractivity contribution in [1.29, 1.82) is 0 Å². The molecule has 0 saturated carbocycles. The highest BCUT2D eigenvalue weighted by atomic mass is 32.2. The number of rotatable bonds is 2. The molecule has 0 unspecified atom stereocenters. The van der Waals surface area contributed by atoms with Crippen LogP contribution < -0.4 is 0 Å². The lowest BCUT2D eigenvalue weighted by atomic mass is 10.2. The molecular formula is C9H13NO4S. The molecule has 15 heavy (non-hydrogen) atoms. The summed E-state index contributed by atoms with van der Waals surface area (Å²) in [5.41, 5.74) is 0.639. The number of sulfonamides is 1. The van der Waals surface area contributed by atoms with E-state index >= 15 is 0 Å². The van der Waals surface area contributed by atoms with E-state index < -0.39 is 22.0 Å². The Morgan fingerprint density at radius 1 is 1.67 bits per heavy atom. The molecule has 0 bridgehead atoms. The van der Waals surface area contributed by atoms with E-state index in [1.165, 1.54) is 20.1 Å². The van der Waals surface area contributed by atoms with E-state index in [0.717, 1.165) is 9.71 Å². The zero-order chi connectivity index (χ0) is 11.6. The predicted molar refractivity (Wildman–Crippen MR) is 55.4 cm³/mol. The number of carbonyl (C=O) groups excluding carboxylic acids is 1. The first kappa shape index (κ1) is 11.9. The summed E-state index contributed by atoms with van der Waals surface area (Å²) in [5.74, 6) is -0.582. The van der Waals surface area contributed by atoms with Gasteiger partial charge in [-0.3, -0.25) is 4.79 Å². The molecule has 1 heterocycles. The Labute approximate surface area is 89.1 Å². The van der Waals surface area contributed by atoms with E-state index in [9.17, 15) is 13.2 Å². The minimum absolute atomic E-state index is 0.120. The molecule has 6 heteroatoms. The summed E-state index contributed by atoms with van der Waals surface area (Å²) in [4.78, 5) is 11.2. The first-order chi connectivity index (χ1) is 6.88. The molecular weight excluding hydrogens is 218 g/mol. The quantitative estimate of drug-likeness (QED) is 0.640. The molecule has 0 N–H and O–H groups in total. The maximum Gasteiger partial charge on any atom is 0.323 e. The molecule has 84 valence electrons. The normalized spacial score (nSPS) is 22.4. The van der Waals surface area contributed by atoms with Crippen molar-refractivity contribution in [3.8, 4) is 0 Å². The number of ether oxygens (including phenoxy) is 1. The Hall–Kier alpha value is -1.14. The van der Waals surface area contributed by atoms with Crippen LogP contribution in [0.25, 0.3) is 0 Å². The molecule has 5 nitrogen and oxygen atoms in total. The monoisotopic (exact) mass is 231 g/mol. The lowest BCUT2D eigenvalue weighted by molar-refractivity contribution is -0.144. The van der Waals surface area contributed by atoms with E-state index in [1.807, 2.05) is 0 Å². The number of hydrogen-bond acceptors (Lipinski definition) is 4. The Morgan fingerprint density at radius 2 is 2.27 bits per heavy atom. The van der Waals surface area contributed by atoms with Crippen molar-refractivity contribution in [2.24, 2.45) is 0 Å². The average Bonchev–Trinajstić information content (AvgIpc) is 2.19. The maximum absolute atomic E-state index is 11.6. The number of methoxy groups -OCH3 is 1. The van der Waals surface area contributed by atoms with Gasteiger partial charge in [0.2, 0.25) is 10.0 Å². The smallest absolute Gasteiger partial charge is 0.323 e. The fourth-order valence-electron chi connectivity index (χ4n) is 1.25. The van der Waals surface area contributed by atoms with Crippen LogP contribution >= 0.6 is 0 Å². The summed E-state index contributed by atoms with van der Waals surface area (Å²) in [5, 5.41) is 1.04. The average molecular weight is 231 g/mol. The molecule has 0 saturated heterocycles. The van der Waals surface area contributed by atoms with Crippen molar-refractivity contribution in [3.05, 3.63) is 23.6 Å². The highest BCUT2D eigenvalue weighted by Gasteiger charge is 2.32. The number of esters is 1. The zero-order valence-corrected chi connectivity index (χ0v) is 9.45. The molecule has 1 atom stereocenters. The predicted octanol–water partition coefficient (Wildman–Crippen LogP) is 0.263. The van der Waals surface area contributed by atoms with E-state index in [-0.39, 0.29) is 6.54 Å². The summed E-state index contributed by atoms with van der Waals surface area (Å²) >= 11 is 0. The van der Waals surface area contributed by atoms with Crippen molar-refractivity contribution in [3.63, 3.8) is 0 Å². The summed E-state index contributed by atoms with van der Waals surface area (Å²) in [6.07, 6.45) is 1.43.